The van der Waals surface area contributed by atoms with E-state index in [1.165, 1.54) is 5.56 Å². The Morgan fingerprint density at radius 3 is 2.57 bits per heavy atom. The monoisotopic (exact) mass is 284 g/mol. The van der Waals surface area contributed by atoms with E-state index in [0.717, 1.165) is 42.0 Å². The summed E-state index contributed by atoms with van der Waals surface area (Å²) >= 11 is 0. The maximum absolute atomic E-state index is 6.06. The van der Waals surface area contributed by atoms with E-state index >= 15 is 0 Å². The number of hydrogen-bond acceptors (Lipinski definition) is 4. The van der Waals surface area contributed by atoms with Gasteiger partial charge < -0.3 is 11.1 Å². The van der Waals surface area contributed by atoms with Crippen molar-refractivity contribution in [2.24, 2.45) is 0 Å². The van der Waals surface area contributed by atoms with Crippen molar-refractivity contribution in [1.82, 2.24) is 15.3 Å². The van der Waals surface area contributed by atoms with E-state index in [4.69, 9.17) is 5.73 Å². The minimum atomic E-state index is 0.233. The molecule has 2 aromatic rings. The first-order chi connectivity index (χ1) is 10.1. The first-order valence-corrected chi connectivity index (χ1v) is 7.47. The summed E-state index contributed by atoms with van der Waals surface area (Å²) in [5.41, 5.74) is 11.3. The lowest BCUT2D eigenvalue weighted by atomic mass is 9.98. The number of nitrogens with zero attached hydrogens (tertiary/aromatic N) is 2. The Hall–Kier alpha value is -1.94. The van der Waals surface area contributed by atoms with Crippen LogP contribution in [0.15, 0.2) is 30.6 Å². The van der Waals surface area contributed by atoms with Crippen molar-refractivity contribution in [1.29, 1.82) is 0 Å². The van der Waals surface area contributed by atoms with Gasteiger partial charge in [0.05, 0.1) is 0 Å². The van der Waals surface area contributed by atoms with Gasteiger partial charge in [-0.1, -0.05) is 6.92 Å². The standard InChI is InChI=1S/C17H24N4/c1-4-6-20-17(10-15-11-19-7-5-16(15)18)14-8-12(2)21-13(3)9-14/h5,7-9,11,17,20H,4,6,10H2,1-3H3,(H2,18,19). The second-order valence-corrected chi connectivity index (χ2v) is 5.47. The largest absolute Gasteiger partial charge is 0.398 e. The maximum Gasteiger partial charge on any atom is 0.0379 e. The third-order valence-corrected chi connectivity index (χ3v) is 3.51. The molecule has 2 aromatic heterocycles. The normalized spacial score (nSPS) is 12.3. The van der Waals surface area contributed by atoms with Gasteiger partial charge in [-0.25, -0.2) is 0 Å². The summed E-state index contributed by atoms with van der Waals surface area (Å²) in [6.45, 7) is 7.22. The molecule has 0 saturated carbocycles. The topological polar surface area (TPSA) is 63.8 Å². The molecule has 4 heteroatoms. The first-order valence-electron chi connectivity index (χ1n) is 7.47. The molecule has 0 amide bonds. The molecule has 112 valence electrons. The molecule has 0 spiro atoms. The Morgan fingerprint density at radius 2 is 1.95 bits per heavy atom. The smallest absolute Gasteiger partial charge is 0.0379 e. The summed E-state index contributed by atoms with van der Waals surface area (Å²) in [5.74, 6) is 0. The van der Waals surface area contributed by atoms with Gasteiger partial charge in [0, 0.05) is 35.5 Å². The molecule has 2 heterocycles. The van der Waals surface area contributed by atoms with Crippen LogP contribution in [0.5, 0.6) is 0 Å². The molecule has 3 N–H and O–H groups in total. The van der Waals surface area contributed by atoms with Crippen molar-refractivity contribution < 1.29 is 0 Å². The van der Waals surface area contributed by atoms with Crippen LogP contribution in [-0.4, -0.2) is 16.5 Å². The Kier molecular flexibility index (Phi) is 5.28. The van der Waals surface area contributed by atoms with Gasteiger partial charge in [0.15, 0.2) is 0 Å². The van der Waals surface area contributed by atoms with Crippen LogP contribution in [0.2, 0.25) is 0 Å². The van der Waals surface area contributed by atoms with Crippen molar-refractivity contribution in [2.75, 3.05) is 12.3 Å². The SMILES string of the molecule is CCCNC(Cc1cnccc1N)c1cc(C)nc(C)c1. The first kappa shape index (κ1) is 15.4. The second kappa shape index (κ2) is 7.18. The van der Waals surface area contributed by atoms with E-state index in [1.807, 2.05) is 26.1 Å². The fourth-order valence-electron chi connectivity index (χ4n) is 2.52. The molecule has 0 aliphatic carbocycles. The fourth-order valence-corrected chi connectivity index (χ4v) is 2.52. The number of nitrogen functional groups attached to an aromatic ring is 1. The number of nitrogens with two attached hydrogens (primary N) is 1. The summed E-state index contributed by atoms with van der Waals surface area (Å²) in [4.78, 5) is 8.64. The average molecular weight is 284 g/mol. The van der Waals surface area contributed by atoms with Crippen LogP contribution in [0.25, 0.3) is 0 Å². The van der Waals surface area contributed by atoms with E-state index in [2.05, 4.69) is 34.3 Å². The van der Waals surface area contributed by atoms with Crippen LogP contribution < -0.4 is 11.1 Å². The van der Waals surface area contributed by atoms with Gasteiger partial charge in [-0.2, -0.15) is 0 Å². The molecule has 0 radical (unpaired) electrons. The average Bonchev–Trinajstić information content (AvgIpc) is 2.44. The summed E-state index contributed by atoms with van der Waals surface area (Å²) in [6.07, 6.45) is 5.52. The van der Waals surface area contributed by atoms with Crippen molar-refractivity contribution in [3.63, 3.8) is 0 Å². The lowest BCUT2D eigenvalue weighted by Gasteiger charge is -2.20. The third-order valence-electron chi connectivity index (χ3n) is 3.51. The van der Waals surface area contributed by atoms with E-state index in [0.29, 0.717) is 0 Å². The highest BCUT2D eigenvalue weighted by molar-refractivity contribution is 5.45. The van der Waals surface area contributed by atoms with E-state index in [-0.39, 0.29) is 6.04 Å². The molecule has 1 atom stereocenters. The molecule has 0 aliphatic heterocycles. The molecule has 0 fully saturated rings. The highest BCUT2D eigenvalue weighted by Gasteiger charge is 2.14. The zero-order valence-corrected chi connectivity index (χ0v) is 13.1. The van der Waals surface area contributed by atoms with Gasteiger partial charge in [-0.05, 0) is 62.6 Å². The minimum Gasteiger partial charge on any atom is -0.398 e. The highest BCUT2D eigenvalue weighted by Crippen LogP contribution is 2.22. The summed E-state index contributed by atoms with van der Waals surface area (Å²) < 4.78 is 0. The summed E-state index contributed by atoms with van der Waals surface area (Å²) in [5, 5.41) is 3.60. The van der Waals surface area contributed by atoms with Crippen molar-refractivity contribution in [3.8, 4) is 0 Å². The van der Waals surface area contributed by atoms with Gasteiger partial charge in [-0.15, -0.1) is 0 Å². The number of nitrogens with one attached hydrogen (secondary N) is 1. The predicted molar refractivity (Wildman–Crippen MR) is 87.1 cm³/mol. The number of aryl methyl sites for hydroxylation is 2. The zero-order chi connectivity index (χ0) is 15.2. The number of aromatic nitrogens is 2. The summed E-state index contributed by atoms with van der Waals surface area (Å²) in [6, 6.07) is 6.38. The molecule has 1 unspecified atom stereocenters. The summed E-state index contributed by atoms with van der Waals surface area (Å²) in [7, 11) is 0. The molecular formula is C17H24N4. The van der Waals surface area contributed by atoms with E-state index < -0.39 is 0 Å². The molecule has 0 aliphatic rings. The van der Waals surface area contributed by atoms with E-state index in [1.54, 1.807) is 6.20 Å². The van der Waals surface area contributed by atoms with Crippen molar-refractivity contribution in [3.05, 3.63) is 53.1 Å². The highest BCUT2D eigenvalue weighted by atomic mass is 14.9. The number of hydrogen-bond donors (Lipinski definition) is 2. The molecular weight excluding hydrogens is 260 g/mol. The Bertz CT molecular complexity index is 575. The fraction of sp³-hybridized carbons (Fsp3) is 0.412. The van der Waals surface area contributed by atoms with Gasteiger partial charge >= 0.3 is 0 Å². The number of rotatable bonds is 6. The molecule has 2 rings (SSSR count). The Morgan fingerprint density at radius 1 is 1.24 bits per heavy atom. The second-order valence-electron chi connectivity index (χ2n) is 5.47. The van der Waals surface area contributed by atoms with Gasteiger partial charge in [0.25, 0.3) is 0 Å². The van der Waals surface area contributed by atoms with Crippen LogP contribution in [0, 0.1) is 13.8 Å². The molecule has 21 heavy (non-hydrogen) atoms. The van der Waals surface area contributed by atoms with Gasteiger partial charge in [0.1, 0.15) is 0 Å². The lowest BCUT2D eigenvalue weighted by Crippen LogP contribution is -2.25. The van der Waals surface area contributed by atoms with Crippen LogP contribution in [0.3, 0.4) is 0 Å². The molecule has 0 aromatic carbocycles. The van der Waals surface area contributed by atoms with Crippen molar-refractivity contribution in [2.45, 2.75) is 39.7 Å². The zero-order valence-electron chi connectivity index (χ0n) is 13.1. The van der Waals surface area contributed by atoms with Crippen LogP contribution in [0.1, 0.15) is 41.9 Å². The maximum atomic E-state index is 6.06. The van der Waals surface area contributed by atoms with Crippen LogP contribution >= 0.6 is 0 Å². The molecule has 0 saturated heterocycles. The van der Waals surface area contributed by atoms with Crippen LogP contribution in [-0.2, 0) is 6.42 Å². The quantitative estimate of drug-likeness (QED) is 0.856. The molecule has 0 bridgehead atoms. The number of anilines is 1. The minimum absolute atomic E-state index is 0.233. The van der Waals surface area contributed by atoms with Gasteiger partial charge in [-0.3, -0.25) is 9.97 Å². The van der Waals surface area contributed by atoms with Crippen molar-refractivity contribution >= 4 is 5.69 Å². The van der Waals surface area contributed by atoms with E-state index in [9.17, 15) is 0 Å². The third kappa shape index (κ3) is 4.26. The number of pyridine rings is 2. The lowest BCUT2D eigenvalue weighted by molar-refractivity contribution is 0.528. The predicted octanol–water partition coefficient (Wildman–Crippen LogP) is 2.96. The molecule has 4 nitrogen and oxygen atoms in total. The Labute approximate surface area is 126 Å². The van der Waals surface area contributed by atoms with Crippen LogP contribution in [0.4, 0.5) is 5.69 Å². The Balaban J connectivity index is 2.27. The van der Waals surface area contributed by atoms with Gasteiger partial charge in [0.2, 0.25) is 0 Å².